The Morgan fingerprint density at radius 3 is 1.54 bits per heavy atom. The molecule has 0 unspecified atom stereocenters. The van der Waals surface area contributed by atoms with Crippen LogP contribution in [0.5, 0.6) is 0 Å². The highest BCUT2D eigenvalue weighted by atomic mass is 16.5. The van der Waals surface area contributed by atoms with E-state index < -0.39 is 42.1 Å². The molecule has 1 heterocycles. The van der Waals surface area contributed by atoms with Crippen molar-refractivity contribution in [2.45, 2.75) is 141 Å². The fourth-order valence-corrected chi connectivity index (χ4v) is 6.62. The van der Waals surface area contributed by atoms with E-state index in [2.05, 4.69) is 16.0 Å². The van der Waals surface area contributed by atoms with Gasteiger partial charge in [-0.05, 0) is 25.7 Å². The molecule has 1 atom stereocenters. The van der Waals surface area contributed by atoms with Crippen LogP contribution in [0, 0.1) is 5.92 Å². The number of carboxylic acid groups (broad SMARTS) is 2. The molecule has 0 aromatic rings. The zero-order chi connectivity index (χ0) is 43.2. The lowest BCUT2D eigenvalue weighted by atomic mass is 9.95. The number of aliphatic carboxylic acids is 2. The van der Waals surface area contributed by atoms with Crippen LogP contribution in [0.1, 0.15) is 135 Å². The van der Waals surface area contributed by atoms with Crippen LogP contribution in [-0.2, 0) is 52.5 Å². The Labute approximate surface area is 350 Å². The molecule has 1 fully saturated rings. The molecule has 0 aromatic heterocycles. The standard InChI is InChI=1S/C42H73N4O13/c47-25-28-58-30-29-56-27-22-44-38(49)34-59-32-31-57-26-21-43-37(48)33-36(42(54)55)45-41(53)35-19-23-46(24-20-35)39(50)17-15-13-11-9-7-5-3-1-2-4-6-8-10-12-14-16-18-40(51)52/h35-36H,1-24,26-34H2,(H,43,48)(H,44,49)(H,45,53)(H,51,52)(H,54,55)/t36-/m1/s1. The van der Waals surface area contributed by atoms with Crippen LogP contribution >= 0.6 is 0 Å². The largest absolute Gasteiger partial charge is 0.481 e. The summed E-state index contributed by atoms with van der Waals surface area (Å²) in [6.45, 7) is 2.33. The second kappa shape index (κ2) is 37.3. The number of carbonyl (C=O) groups is 6. The third kappa shape index (κ3) is 31.9. The number of piperidine rings is 1. The molecule has 59 heavy (non-hydrogen) atoms. The molecule has 0 aliphatic carbocycles. The summed E-state index contributed by atoms with van der Waals surface area (Å²) in [6, 6.07) is -1.38. The first-order valence-electron chi connectivity index (χ1n) is 21.9. The number of unbranched alkanes of at least 4 members (excludes halogenated alkanes) is 15. The molecule has 4 amide bonds. The van der Waals surface area contributed by atoms with Crippen LogP contribution < -0.4 is 16.0 Å². The van der Waals surface area contributed by atoms with Crippen LogP contribution in [0.4, 0.5) is 0 Å². The monoisotopic (exact) mass is 842 g/mol. The predicted octanol–water partition coefficient (Wildman–Crippen LogP) is 3.70. The van der Waals surface area contributed by atoms with E-state index in [1.165, 1.54) is 64.2 Å². The smallest absolute Gasteiger partial charge is 0.326 e. The average Bonchev–Trinajstić information content (AvgIpc) is 3.21. The molecule has 1 saturated heterocycles. The molecule has 1 aliphatic rings. The van der Waals surface area contributed by atoms with Gasteiger partial charge in [-0.3, -0.25) is 28.8 Å². The number of carbonyl (C=O) groups excluding carboxylic acids is 5. The van der Waals surface area contributed by atoms with Crippen molar-refractivity contribution in [1.82, 2.24) is 20.9 Å². The summed E-state index contributed by atoms with van der Waals surface area (Å²) >= 11 is 0. The third-order valence-corrected chi connectivity index (χ3v) is 10.0. The first-order chi connectivity index (χ1) is 28.6. The quantitative estimate of drug-likeness (QED) is 0.0555. The molecule has 339 valence electrons. The normalized spacial score (nSPS) is 13.5. The minimum Gasteiger partial charge on any atom is -0.481 e. The van der Waals surface area contributed by atoms with Crippen molar-refractivity contribution in [2.75, 3.05) is 79.0 Å². The van der Waals surface area contributed by atoms with E-state index in [0.717, 1.165) is 38.5 Å². The summed E-state index contributed by atoms with van der Waals surface area (Å²) in [5.41, 5.74) is 0. The summed E-state index contributed by atoms with van der Waals surface area (Å²) < 4.78 is 20.7. The van der Waals surface area contributed by atoms with Crippen LogP contribution in [-0.4, -0.2) is 142 Å². The Balaban J connectivity index is 2.03. The van der Waals surface area contributed by atoms with Gasteiger partial charge >= 0.3 is 11.9 Å². The van der Waals surface area contributed by atoms with Crippen molar-refractivity contribution in [3.05, 3.63) is 0 Å². The number of amides is 4. The number of nitrogens with one attached hydrogen (secondary N) is 3. The lowest BCUT2D eigenvalue weighted by Gasteiger charge is -2.32. The maximum absolute atomic E-state index is 12.9. The molecule has 5 N–H and O–H groups in total. The van der Waals surface area contributed by atoms with E-state index in [1.54, 1.807) is 11.2 Å². The van der Waals surface area contributed by atoms with E-state index in [0.29, 0.717) is 45.5 Å². The zero-order valence-electron chi connectivity index (χ0n) is 35.3. The molecule has 1 rings (SSSR count). The first-order valence-corrected chi connectivity index (χ1v) is 21.9. The fraction of sp³-hybridized carbons (Fsp3) is 0.833. The summed E-state index contributed by atoms with van der Waals surface area (Å²) in [5.74, 6) is -3.66. The number of hydrogen-bond acceptors (Lipinski definition) is 11. The van der Waals surface area contributed by atoms with E-state index in [-0.39, 0.29) is 71.0 Å². The summed E-state index contributed by atoms with van der Waals surface area (Å²) in [5, 5.41) is 26.0. The van der Waals surface area contributed by atoms with Gasteiger partial charge < -0.3 is 50.0 Å². The van der Waals surface area contributed by atoms with E-state index in [1.807, 2.05) is 0 Å². The number of hydrogen-bond donors (Lipinski definition) is 5. The Kier molecular flexibility index (Phi) is 33.8. The Morgan fingerprint density at radius 1 is 0.593 bits per heavy atom. The lowest BCUT2D eigenvalue weighted by Crippen LogP contribution is -2.49. The molecule has 0 saturated carbocycles. The number of ether oxygens (including phenoxy) is 4. The van der Waals surface area contributed by atoms with Crippen molar-refractivity contribution in [1.29, 1.82) is 0 Å². The fourth-order valence-electron chi connectivity index (χ4n) is 6.62. The Morgan fingerprint density at radius 2 is 1.05 bits per heavy atom. The van der Waals surface area contributed by atoms with Crippen LogP contribution in [0.15, 0.2) is 0 Å². The average molecular weight is 842 g/mol. The van der Waals surface area contributed by atoms with Crippen LogP contribution in [0.3, 0.4) is 0 Å². The van der Waals surface area contributed by atoms with E-state index >= 15 is 0 Å². The topological polar surface area (TPSA) is 236 Å². The maximum atomic E-state index is 12.9. The molecule has 0 aromatic carbocycles. The molecular weight excluding hydrogens is 768 g/mol. The molecule has 0 spiro atoms. The van der Waals surface area contributed by atoms with Crippen molar-refractivity contribution in [3.8, 4) is 0 Å². The summed E-state index contributed by atoms with van der Waals surface area (Å²) in [4.78, 5) is 83.9. The number of rotatable bonds is 40. The van der Waals surface area contributed by atoms with Crippen molar-refractivity contribution < 1.29 is 62.7 Å². The lowest BCUT2D eigenvalue weighted by molar-refractivity contribution is -0.144. The highest BCUT2D eigenvalue weighted by molar-refractivity contribution is 5.89. The SMILES string of the molecule is O=[C]COCCOCCNC(=O)COCCOCCNC(=O)C[C@@H](NC(=O)C1CCN(C(=O)CCCCCCCCCCCCCCCCCCC(=O)O)CC1)C(=O)O. The van der Waals surface area contributed by atoms with E-state index in [4.69, 9.17) is 24.1 Å². The Bertz CT molecular complexity index is 1170. The molecule has 1 radical (unpaired) electrons. The summed E-state index contributed by atoms with van der Waals surface area (Å²) in [7, 11) is 0. The minimum atomic E-state index is -1.38. The van der Waals surface area contributed by atoms with Gasteiger partial charge in [-0.15, -0.1) is 0 Å². The predicted molar refractivity (Wildman–Crippen MR) is 219 cm³/mol. The van der Waals surface area contributed by atoms with Crippen LogP contribution in [0.2, 0.25) is 0 Å². The summed E-state index contributed by atoms with van der Waals surface area (Å²) in [6.07, 6.45) is 21.3. The van der Waals surface area contributed by atoms with E-state index in [9.17, 15) is 38.7 Å². The number of nitrogens with zero attached hydrogens (tertiary/aromatic N) is 1. The number of carboxylic acids is 2. The van der Waals surface area contributed by atoms with Gasteiger partial charge in [-0.2, -0.15) is 0 Å². The number of likely N-dealkylation sites (tertiary alicyclic amines) is 1. The zero-order valence-corrected chi connectivity index (χ0v) is 35.3. The van der Waals surface area contributed by atoms with Crippen molar-refractivity contribution in [3.63, 3.8) is 0 Å². The van der Waals surface area contributed by atoms with Crippen LogP contribution in [0.25, 0.3) is 0 Å². The molecular formula is C42H73N4O13. The molecule has 1 aliphatic heterocycles. The van der Waals surface area contributed by atoms with Gasteiger partial charge in [0.25, 0.3) is 0 Å². The van der Waals surface area contributed by atoms with Gasteiger partial charge in [0.15, 0.2) is 0 Å². The first kappa shape index (κ1) is 53.3. The molecule has 17 heteroatoms. The Hall–Kier alpha value is -3.67. The molecule has 17 nitrogen and oxygen atoms in total. The highest BCUT2D eigenvalue weighted by Crippen LogP contribution is 2.20. The molecule has 0 bridgehead atoms. The highest BCUT2D eigenvalue weighted by Gasteiger charge is 2.31. The van der Waals surface area contributed by atoms with Crippen molar-refractivity contribution >= 4 is 41.9 Å². The minimum absolute atomic E-state index is 0.0929. The second-order valence-electron chi connectivity index (χ2n) is 15.0. The van der Waals surface area contributed by atoms with Gasteiger partial charge in [-0.1, -0.05) is 89.9 Å². The maximum Gasteiger partial charge on any atom is 0.326 e. The van der Waals surface area contributed by atoms with Gasteiger partial charge in [0.1, 0.15) is 19.3 Å². The van der Waals surface area contributed by atoms with Crippen molar-refractivity contribution in [2.24, 2.45) is 5.92 Å². The third-order valence-electron chi connectivity index (χ3n) is 10.0. The van der Waals surface area contributed by atoms with Gasteiger partial charge in [0, 0.05) is 44.9 Å². The van der Waals surface area contributed by atoms with Gasteiger partial charge in [0.2, 0.25) is 29.9 Å². The van der Waals surface area contributed by atoms with Gasteiger partial charge in [0.05, 0.1) is 46.1 Å². The van der Waals surface area contributed by atoms with Gasteiger partial charge in [-0.25, -0.2) is 4.79 Å². The second-order valence-corrected chi connectivity index (χ2v) is 15.0.